The highest BCUT2D eigenvalue weighted by atomic mass is 79.9. The molecule has 0 aromatic heterocycles. The molecule has 0 saturated heterocycles. The molecule has 0 amide bonds. The van der Waals surface area contributed by atoms with Gasteiger partial charge in [0, 0.05) is 4.47 Å². The van der Waals surface area contributed by atoms with Crippen molar-refractivity contribution < 1.29 is 13.6 Å². The van der Waals surface area contributed by atoms with Crippen molar-refractivity contribution in [3.63, 3.8) is 0 Å². The van der Waals surface area contributed by atoms with Crippen molar-refractivity contribution in [1.29, 1.82) is 10.5 Å². The zero-order chi connectivity index (χ0) is 19.0. The van der Waals surface area contributed by atoms with Gasteiger partial charge in [0.2, 0.25) is 0 Å². The average molecular weight is 427 g/mol. The van der Waals surface area contributed by atoms with E-state index < -0.39 is 19.2 Å². The third-order valence-corrected chi connectivity index (χ3v) is 7.01. The fourth-order valence-electron chi connectivity index (χ4n) is 2.22. The molecular weight excluding hydrogens is 403 g/mol. The fourth-order valence-corrected chi connectivity index (χ4v) is 5.28. The second-order valence-corrected chi connectivity index (χ2v) is 8.90. The van der Waals surface area contributed by atoms with E-state index >= 15 is 0 Å². The zero-order valence-corrected chi connectivity index (χ0v) is 17.5. The van der Waals surface area contributed by atoms with Gasteiger partial charge in [0.25, 0.3) is 0 Å². The van der Waals surface area contributed by atoms with Gasteiger partial charge in [0.1, 0.15) is 5.66 Å². The molecule has 0 aliphatic heterocycles. The van der Waals surface area contributed by atoms with Crippen LogP contribution in [0.1, 0.15) is 51.8 Å². The van der Waals surface area contributed by atoms with Gasteiger partial charge in [0.05, 0.1) is 24.3 Å². The van der Waals surface area contributed by atoms with Crippen molar-refractivity contribution in [3.8, 4) is 12.1 Å². The molecule has 0 radical (unpaired) electrons. The summed E-state index contributed by atoms with van der Waals surface area (Å²) in [6, 6.07) is 11.0. The van der Waals surface area contributed by atoms with Crippen LogP contribution in [0.4, 0.5) is 0 Å². The Hall–Kier alpha value is -1.17. The molecule has 136 valence electrons. The normalized spacial score (nSPS) is 17.1. The van der Waals surface area contributed by atoms with E-state index in [1.165, 1.54) is 0 Å². The molecule has 0 heterocycles. The van der Waals surface area contributed by atoms with Gasteiger partial charge in [-0.2, -0.15) is 10.5 Å². The maximum atomic E-state index is 13.8. The van der Waals surface area contributed by atoms with Crippen LogP contribution in [0.25, 0.3) is 0 Å². The number of rotatable bonds is 9. The number of nitrogens with zero attached hydrogens (tertiary/aromatic N) is 2. The quantitative estimate of drug-likeness (QED) is 0.453. The molecule has 7 heteroatoms. The molecule has 1 aromatic rings. The Morgan fingerprint density at radius 3 is 2.04 bits per heavy atom. The molecule has 0 saturated carbocycles. The summed E-state index contributed by atoms with van der Waals surface area (Å²) in [5, 5.41) is 18.9. The maximum absolute atomic E-state index is 13.8. The first-order valence-corrected chi connectivity index (χ1v) is 10.7. The molecule has 0 aliphatic rings. The molecule has 0 N–H and O–H groups in total. The van der Waals surface area contributed by atoms with Crippen molar-refractivity contribution in [1.82, 2.24) is 0 Å². The number of hydrogen-bond donors (Lipinski definition) is 0. The van der Waals surface area contributed by atoms with Crippen LogP contribution in [0.3, 0.4) is 0 Å². The van der Waals surface area contributed by atoms with Crippen LogP contribution < -0.4 is 0 Å². The van der Waals surface area contributed by atoms with Crippen molar-refractivity contribution in [2.45, 2.75) is 58.4 Å². The van der Waals surface area contributed by atoms with Crippen molar-refractivity contribution in [3.05, 3.63) is 34.3 Å². The van der Waals surface area contributed by atoms with E-state index in [9.17, 15) is 15.1 Å². The Bertz CT molecular complexity index is 668. The summed E-state index contributed by atoms with van der Waals surface area (Å²) < 4.78 is 26.2. The van der Waals surface area contributed by atoms with Gasteiger partial charge < -0.3 is 9.05 Å². The van der Waals surface area contributed by atoms with E-state index in [2.05, 4.69) is 15.9 Å². The summed E-state index contributed by atoms with van der Waals surface area (Å²) in [4.78, 5) is 0. The Balaban J connectivity index is 3.49. The lowest BCUT2D eigenvalue weighted by atomic mass is 10.0. The Labute approximate surface area is 158 Å². The molecule has 0 spiro atoms. The Kier molecular flexibility index (Phi) is 8.83. The van der Waals surface area contributed by atoms with E-state index in [1.807, 2.05) is 32.1 Å². The van der Waals surface area contributed by atoms with Gasteiger partial charge in [0.15, 0.2) is 5.92 Å². The summed E-state index contributed by atoms with van der Waals surface area (Å²) in [6.45, 7) is 7.44. The molecule has 4 atom stereocenters. The highest BCUT2D eigenvalue weighted by Crippen LogP contribution is 2.65. The minimum absolute atomic E-state index is 0.317. The number of benzene rings is 1. The standard InChI is InChI=1S/C18H24BrN2O3P/c1-5-13(3)23-25(22,24-14(4)6-2)18(16(11-20)12-21)15-8-7-9-17(19)10-15/h7-10,13-14,16,18H,5-6H2,1-4H3/t13-,14+,18-,25?/m0/s1. The Morgan fingerprint density at radius 2 is 1.64 bits per heavy atom. The third-order valence-electron chi connectivity index (χ3n) is 3.93. The first kappa shape index (κ1) is 21.9. The van der Waals surface area contributed by atoms with Gasteiger partial charge in [-0.15, -0.1) is 0 Å². The minimum atomic E-state index is -3.77. The third kappa shape index (κ3) is 5.94. The molecule has 0 aliphatic carbocycles. The molecule has 1 aromatic carbocycles. The van der Waals surface area contributed by atoms with Crippen LogP contribution in [0.15, 0.2) is 28.7 Å². The van der Waals surface area contributed by atoms with Crippen molar-refractivity contribution in [2.75, 3.05) is 0 Å². The molecule has 0 fully saturated rings. The first-order chi connectivity index (χ1) is 11.8. The number of halogens is 1. The van der Waals surface area contributed by atoms with Crippen molar-refractivity contribution in [2.24, 2.45) is 5.92 Å². The molecule has 25 heavy (non-hydrogen) atoms. The highest BCUT2D eigenvalue weighted by Gasteiger charge is 2.45. The summed E-state index contributed by atoms with van der Waals surface area (Å²) in [7, 11) is -3.77. The van der Waals surface area contributed by atoms with Crippen molar-refractivity contribution >= 4 is 23.5 Å². The van der Waals surface area contributed by atoms with Gasteiger partial charge >= 0.3 is 7.60 Å². The first-order valence-electron chi connectivity index (χ1n) is 8.32. The SMILES string of the molecule is CC[C@@H](C)OP(=O)(O[C@@H](C)CC)[C@@H](c1cccc(Br)c1)C(C#N)C#N. The van der Waals surface area contributed by atoms with Gasteiger partial charge in [-0.1, -0.05) is 41.9 Å². The Morgan fingerprint density at radius 1 is 1.12 bits per heavy atom. The van der Waals surface area contributed by atoms with Crippen LogP contribution in [-0.4, -0.2) is 12.2 Å². The smallest absolute Gasteiger partial charge is 0.305 e. The summed E-state index contributed by atoms with van der Waals surface area (Å²) in [5.74, 6) is -1.15. The predicted molar refractivity (Wildman–Crippen MR) is 101 cm³/mol. The molecule has 0 bridgehead atoms. The maximum Gasteiger partial charge on any atom is 0.341 e. The minimum Gasteiger partial charge on any atom is -0.305 e. The second kappa shape index (κ2) is 10.1. The van der Waals surface area contributed by atoms with Crippen LogP contribution in [0, 0.1) is 28.6 Å². The summed E-state index contributed by atoms with van der Waals surface area (Å²) in [6.07, 6.45) is 0.649. The van der Waals surface area contributed by atoms with Gasteiger partial charge in [-0.25, -0.2) is 0 Å². The molecular formula is C18H24BrN2O3P. The highest BCUT2D eigenvalue weighted by molar-refractivity contribution is 9.10. The van der Waals surface area contributed by atoms with Crippen LogP contribution in [-0.2, 0) is 13.6 Å². The van der Waals surface area contributed by atoms with Gasteiger partial charge in [-0.05, 0) is 44.4 Å². The molecule has 5 nitrogen and oxygen atoms in total. The van der Waals surface area contributed by atoms with Gasteiger partial charge in [-0.3, -0.25) is 4.57 Å². The number of nitriles is 2. The lowest BCUT2D eigenvalue weighted by Gasteiger charge is -2.31. The van der Waals surface area contributed by atoms with E-state index in [1.54, 1.807) is 32.0 Å². The fraction of sp³-hybridized carbons (Fsp3) is 0.556. The van der Waals surface area contributed by atoms with E-state index in [4.69, 9.17) is 9.05 Å². The molecule has 1 unspecified atom stereocenters. The van der Waals surface area contributed by atoms with Crippen LogP contribution >= 0.6 is 23.5 Å². The van der Waals surface area contributed by atoms with Crippen LogP contribution in [0.2, 0.25) is 0 Å². The summed E-state index contributed by atoms with van der Waals surface area (Å²) in [5.41, 5.74) is -0.389. The zero-order valence-electron chi connectivity index (χ0n) is 15.0. The van der Waals surface area contributed by atoms with E-state index in [-0.39, 0.29) is 12.2 Å². The monoisotopic (exact) mass is 426 g/mol. The molecule has 1 rings (SSSR count). The lowest BCUT2D eigenvalue weighted by molar-refractivity contribution is 0.117. The average Bonchev–Trinajstić information content (AvgIpc) is 2.58. The van der Waals surface area contributed by atoms with E-state index in [0.29, 0.717) is 18.4 Å². The lowest BCUT2D eigenvalue weighted by Crippen LogP contribution is -2.20. The second-order valence-electron chi connectivity index (χ2n) is 5.92. The number of hydrogen-bond acceptors (Lipinski definition) is 5. The predicted octanol–water partition coefficient (Wildman–Crippen LogP) is 5.98. The van der Waals surface area contributed by atoms with Crippen LogP contribution in [0.5, 0.6) is 0 Å². The summed E-state index contributed by atoms with van der Waals surface area (Å²) >= 11 is 3.38. The van der Waals surface area contributed by atoms with E-state index in [0.717, 1.165) is 4.47 Å². The largest absolute Gasteiger partial charge is 0.341 e. The topological polar surface area (TPSA) is 83.1 Å².